The second-order valence-electron chi connectivity index (χ2n) is 5.94. The lowest BCUT2D eigenvalue weighted by molar-refractivity contribution is -0.388. The summed E-state index contributed by atoms with van der Waals surface area (Å²) in [5.41, 5.74) is -0.488. The lowest BCUT2D eigenvalue weighted by Gasteiger charge is -2.18. The highest BCUT2D eigenvalue weighted by atomic mass is 32.2. The summed E-state index contributed by atoms with van der Waals surface area (Å²) >= 11 is 2.33. The molecule has 2 N–H and O–H groups in total. The zero-order valence-corrected chi connectivity index (χ0v) is 16.4. The topological polar surface area (TPSA) is 127 Å². The van der Waals surface area contributed by atoms with Gasteiger partial charge in [0, 0.05) is 11.6 Å². The fourth-order valence-corrected chi connectivity index (χ4v) is 4.48. The zero-order chi connectivity index (χ0) is 18.8. The highest BCUT2D eigenvalue weighted by Gasteiger charge is 2.22. The second-order valence-corrected chi connectivity index (χ2v) is 10.1. The van der Waals surface area contributed by atoms with Crippen LogP contribution < -0.4 is 10.0 Å². The van der Waals surface area contributed by atoms with Gasteiger partial charge in [-0.25, -0.2) is 13.1 Å². The molecule has 0 unspecified atom stereocenters. The number of benzene rings is 1. The quantitative estimate of drug-likeness (QED) is 0.557. The molecular formula is C13H17N5O4S3. The third kappa shape index (κ3) is 5.11. The van der Waals surface area contributed by atoms with Gasteiger partial charge in [-0.1, -0.05) is 11.3 Å². The van der Waals surface area contributed by atoms with Gasteiger partial charge in [0.15, 0.2) is 4.34 Å². The van der Waals surface area contributed by atoms with Gasteiger partial charge in [-0.2, -0.15) is 0 Å². The van der Waals surface area contributed by atoms with Crippen LogP contribution in [0.4, 0.5) is 10.8 Å². The number of nitrogens with one attached hydrogen (secondary N) is 2. The molecule has 0 amide bonds. The van der Waals surface area contributed by atoms with Gasteiger partial charge < -0.3 is 5.32 Å². The molecule has 0 saturated heterocycles. The Morgan fingerprint density at radius 3 is 2.52 bits per heavy atom. The minimum Gasteiger partial charge on any atom is -0.355 e. The van der Waals surface area contributed by atoms with Crippen molar-refractivity contribution in [3.63, 3.8) is 0 Å². The molecule has 0 spiro atoms. The second kappa shape index (κ2) is 7.23. The van der Waals surface area contributed by atoms with Crippen LogP contribution in [0.3, 0.4) is 0 Å². The first kappa shape index (κ1) is 19.6. The Labute approximate surface area is 153 Å². The maximum Gasteiger partial charge on any atom is 0.284 e. The molecule has 2 aromatic rings. The first-order chi connectivity index (χ1) is 11.5. The number of rotatable bonds is 6. The van der Waals surface area contributed by atoms with E-state index in [-0.39, 0.29) is 16.1 Å². The summed E-state index contributed by atoms with van der Waals surface area (Å²) in [5.74, 6) is 0. The van der Waals surface area contributed by atoms with Crippen molar-refractivity contribution in [3.05, 3.63) is 28.3 Å². The number of nitro groups is 1. The average molecular weight is 404 g/mol. The fourth-order valence-electron chi connectivity index (χ4n) is 1.73. The molecule has 2 rings (SSSR count). The molecule has 1 aromatic heterocycles. The normalized spacial score (nSPS) is 12.2. The lowest BCUT2D eigenvalue weighted by Crippen LogP contribution is -2.25. The molecule has 136 valence electrons. The predicted octanol–water partition coefficient (Wildman–Crippen LogP) is 2.72. The number of hydrogen-bond acceptors (Lipinski definition) is 9. The molecule has 0 radical (unpaired) electrons. The van der Waals surface area contributed by atoms with Crippen LogP contribution in [0, 0.1) is 10.1 Å². The molecule has 25 heavy (non-hydrogen) atoms. The summed E-state index contributed by atoms with van der Waals surface area (Å²) in [5, 5.41) is 23.1. The van der Waals surface area contributed by atoms with E-state index in [0.717, 1.165) is 17.8 Å². The third-order valence-electron chi connectivity index (χ3n) is 2.79. The minimum atomic E-state index is -3.76. The van der Waals surface area contributed by atoms with Crippen molar-refractivity contribution in [1.29, 1.82) is 0 Å². The number of nitrogens with zero attached hydrogens (tertiary/aromatic N) is 3. The maximum atomic E-state index is 11.8. The molecule has 1 aromatic carbocycles. The van der Waals surface area contributed by atoms with Crippen molar-refractivity contribution in [2.24, 2.45) is 0 Å². The van der Waals surface area contributed by atoms with Crippen molar-refractivity contribution in [1.82, 2.24) is 14.9 Å². The van der Waals surface area contributed by atoms with Crippen molar-refractivity contribution in [2.75, 3.05) is 12.4 Å². The number of hydrogen-bond donors (Lipinski definition) is 2. The summed E-state index contributed by atoms with van der Waals surface area (Å²) in [6.45, 7) is 5.94. The van der Waals surface area contributed by atoms with Gasteiger partial charge in [0.2, 0.25) is 15.2 Å². The van der Waals surface area contributed by atoms with E-state index in [0.29, 0.717) is 14.4 Å². The van der Waals surface area contributed by atoms with Gasteiger partial charge in [-0.15, -0.1) is 10.2 Å². The Morgan fingerprint density at radius 1 is 1.28 bits per heavy atom. The molecule has 1 heterocycles. The molecule has 0 fully saturated rings. The Kier molecular flexibility index (Phi) is 5.66. The molecule has 0 aliphatic carbocycles. The van der Waals surface area contributed by atoms with E-state index in [9.17, 15) is 18.5 Å². The van der Waals surface area contributed by atoms with Gasteiger partial charge in [0.05, 0.1) is 14.7 Å². The van der Waals surface area contributed by atoms with E-state index in [1.807, 2.05) is 20.8 Å². The number of nitro benzene ring substituents is 1. The monoisotopic (exact) mass is 403 g/mol. The summed E-state index contributed by atoms with van der Waals surface area (Å²) in [4.78, 5) is 10.8. The van der Waals surface area contributed by atoms with Crippen LogP contribution in [0.5, 0.6) is 0 Å². The summed E-state index contributed by atoms with van der Waals surface area (Å²) in [6, 6.07) is 3.74. The SMILES string of the molecule is CNS(=O)(=O)c1ccc(Sc2nnc(NC(C)(C)C)s2)c([N+](=O)[O-])c1. The maximum absolute atomic E-state index is 11.8. The van der Waals surface area contributed by atoms with E-state index in [2.05, 4.69) is 20.2 Å². The number of anilines is 1. The molecule has 12 heteroatoms. The molecule has 0 bridgehead atoms. The van der Waals surface area contributed by atoms with E-state index < -0.39 is 14.9 Å². The van der Waals surface area contributed by atoms with Crippen LogP contribution in [-0.4, -0.2) is 36.1 Å². The predicted molar refractivity (Wildman–Crippen MR) is 96.7 cm³/mol. The molecule has 9 nitrogen and oxygen atoms in total. The van der Waals surface area contributed by atoms with Crippen LogP contribution in [0.25, 0.3) is 0 Å². The molecule has 0 aliphatic rings. The summed E-state index contributed by atoms with van der Waals surface area (Å²) in [6.07, 6.45) is 0. The highest BCUT2D eigenvalue weighted by Crippen LogP contribution is 2.38. The Morgan fingerprint density at radius 2 is 1.96 bits per heavy atom. The average Bonchev–Trinajstić information content (AvgIpc) is 2.92. The zero-order valence-electron chi connectivity index (χ0n) is 13.9. The van der Waals surface area contributed by atoms with E-state index in [4.69, 9.17) is 0 Å². The largest absolute Gasteiger partial charge is 0.355 e. The van der Waals surface area contributed by atoms with Crippen LogP contribution in [0.1, 0.15) is 20.8 Å². The number of sulfonamides is 1. The van der Waals surface area contributed by atoms with Crippen molar-refractivity contribution < 1.29 is 13.3 Å². The molecule has 0 saturated carbocycles. The van der Waals surface area contributed by atoms with Gasteiger partial charge >= 0.3 is 0 Å². The van der Waals surface area contributed by atoms with Gasteiger partial charge in [-0.05, 0) is 51.7 Å². The summed E-state index contributed by atoms with van der Waals surface area (Å²) < 4.78 is 26.3. The highest BCUT2D eigenvalue weighted by molar-refractivity contribution is 8.01. The fraction of sp³-hybridized carbons (Fsp3) is 0.385. The van der Waals surface area contributed by atoms with Crippen molar-refractivity contribution in [2.45, 2.75) is 40.4 Å². The smallest absolute Gasteiger partial charge is 0.284 e. The minimum absolute atomic E-state index is 0.168. The van der Waals surface area contributed by atoms with Crippen LogP contribution in [0.15, 0.2) is 32.3 Å². The standard InChI is InChI=1S/C13H17N5O4S3/c1-13(2,3)15-11-16-17-12(24-11)23-10-6-5-8(25(21,22)14-4)7-9(10)18(19)20/h5-7,14H,1-4H3,(H,15,16). The van der Waals surface area contributed by atoms with Crippen molar-refractivity contribution in [3.8, 4) is 0 Å². The summed E-state index contributed by atoms with van der Waals surface area (Å²) in [7, 11) is -2.51. The van der Waals surface area contributed by atoms with Crippen LogP contribution in [0.2, 0.25) is 0 Å². The Bertz CT molecular complexity index is 889. The van der Waals surface area contributed by atoms with E-state index in [1.165, 1.54) is 30.5 Å². The molecule has 0 atom stereocenters. The van der Waals surface area contributed by atoms with Crippen molar-refractivity contribution >= 4 is 43.9 Å². The van der Waals surface area contributed by atoms with E-state index >= 15 is 0 Å². The molecule has 0 aliphatic heterocycles. The van der Waals surface area contributed by atoms with E-state index in [1.54, 1.807) is 0 Å². The number of aromatic nitrogens is 2. The molecular weight excluding hydrogens is 386 g/mol. The Balaban J connectivity index is 2.32. The van der Waals surface area contributed by atoms with Crippen LogP contribution in [-0.2, 0) is 10.0 Å². The first-order valence-corrected chi connectivity index (χ1v) is 10.1. The van der Waals surface area contributed by atoms with Gasteiger partial charge in [-0.3, -0.25) is 10.1 Å². The van der Waals surface area contributed by atoms with Crippen LogP contribution >= 0.6 is 23.1 Å². The lowest BCUT2D eigenvalue weighted by atomic mass is 10.1. The van der Waals surface area contributed by atoms with Gasteiger partial charge in [0.25, 0.3) is 5.69 Å². The Hall–Kier alpha value is -1.76. The van der Waals surface area contributed by atoms with Gasteiger partial charge in [0.1, 0.15) is 0 Å². The first-order valence-electron chi connectivity index (χ1n) is 7.03. The third-order valence-corrected chi connectivity index (χ3v) is 6.16.